The molecule has 1 atom stereocenters. The average Bonchev–Trinajstić information content (AvgIpc) is 2.61. The zero-order valence-electron chi connectivity index (χ0n) is 15.0. The number of hydrogen-bond donors (Lipinski definition) is 2. The molecule has 26 heavy (non-hydrogen) atoms. The molecule has 0 spiro atoms. The summed E-state index contributed by atoms with van der Waals surface area (Å²) in [5.41, 5.74) is 1.18. The van der Waals surface area contributed by atoms with E-state index in [9.17, 15) is 14.3 Å². The summed E-state index contributed by atoms with van der Waals surface area (Å²) >= 11 is 0. The summed E-state index contributed by atoms with van der Waals surface area (Å²) in [5.74, 6) is -0.502. The number of fused-ring (bicyclic) bond motifs is 1. The Labute approximate surface area is 152 Å². The Morgan fingerprint density at radius 3 is 3.00 bits per heavy atom. The van der Waals surface area contributed by atoms with Crippen LogP contribution in [-0.2, 0) is 11.3 Å². The molecule has 0 saturated carbocycles. The number of carbonyl (C=O) groups is 1. The number of benzene rings is 1. The molecule has 0 fully saturated rings. The van der Waals surface area contributed by atoms with Gasteiger partial charge in [0.2, 0.25) is 0 Å². The van der Waals surface area contributed by atoms with Gasteiger partial charge < -0.3 is 15.2 Å². The number of allylic oxidation sites excluding steroid dienone is 1. The van der Waals surface area contributed by atoms with Gasteiger partial charge in [0.05, 0.1) is 17.7 Å². The van der Waals surface area contributed by atoms with Gasteiger partial charge in [0.25, 0.3) is 5.91 Å². The number of hydrogen-bond acceptors (Lipinski definition) is 4. The molecule has 0 saturated heterocycles. The Kier molecular flexibility index (Phi) is 5.40. The van der Waals surface area contributed by atoms with Crippen LogP contribution in [0.15, 0.2) is 46.2 Å². The third-order valence-corrected chi connectivity index (χ3v) is 4.40. The van der Waals surface area contributed by atoms with E-state index in [1.165, 1.54) is 12.3 Å². The van der Waals surface area contributed by atoms with E-state index < -0.39 is 11.7 Å². The normalized spacial score (nSPS) is 19.2. The van der Waals surface area contributed by atoms with Crippen LogP contribution in [0.4, 0.5) is 4.39 Å². The van der Waals surface area contributed by atoms with Gasteiger partial charge >= 0.3 is 0 Å². The number of ether oxygens (including phenoxy) is 1. The van der Waals surface area contributed by atoms with Crippen molar-refractivity contribution in [1.29, 1.82) is 0 Å². The van der Waals surface area contributed by atoms with Crippen molar-refractivity contribution >= 4 is 12.1 Å². The maximum absolute atomic E-state index is 14.2. The summed E-state index contributed by atoms with van der Waals surface area (Å²) in [4.78, 5) is 16.7. The number of aliphatic hydroxyl groups excluding tert-OH is 1. The van der Waals surface area contributed by atoms with E-state index in [0.717, 1.165) is 19.3 Å². The molecule has 1 aliphatic carbocycles. The van der Waals surface area contributed by atoms with E-state index in [1.807, 2.05) is 19.9 Å². The van der Waals surface area contributed by atoms with Crippen molar-refractivity contribution in [2.24, 2.45) is 4.99 Å². The zero-order chi connectivity index (χ0) is 18.7. The van der Waals surface area contributed by atoms with Gasteiger partial charge in [0, 0.05) is 30.0 Å². The van der Waals surface area contributed by atoms with E-state index >= 15 is 0 Å². The smallest absolute Gasteiger partial charge is 0.256 e. The molecule has 1 amide bonds. The van der Waals surface area contributed by atoms with Gasteiger partial charge in [0.1, 0.15) is 17.3 Å². The molecule has 138 valence electrons. The third kappa shape index (κ3) is 3.95. The highest BCUT2D eigenvalue weighted by Gasteiger charge is 2.27. The van der Waals surface area contributed by atoms with Gasteiger partial charge in [-0.2, -0.15) is 0 Å². The van der Waals surface area contributed by atoms with Crippen molar-refractivity contribution in [3.8, 4) is 5.75 Å². The minimum absolute atomic E-state index is 0.0136. The van der Waals surface area contributed by atoms with E-state index in [1.54, 1.807) is 12.1 Å². The lowest BCUT2D eigenvalue weighted by molar-refractivity contribution is -0.117. The first kappa shape index (κ1) is 18.2. The van der Waals surface area contributed by atoms with Crippen molar-refractivity contribution in [3.05, 3.63) is 52.6 Å². The summed E-state index contributed by atoms with van der Waals surface area (Å²) in [6.07, 6.45) is 6.07. The molecule has 0 aromatic heterocycles. The molecule has 0 radical (unpaired) electrons. The molecule has 5 nitrogen and oxygen atoms in total. The first-order chi connectivity index (χ1) is 12.5. The number of dihydropyridines is 1. The predicted molar refractivity (Wildman–Crippen MR) is 97.9 cm³/mol. The zero-order valence-corrected chi connectivity index (χ0v) is 15.0. The highest BCUT2D eigenvalue weighted by Crippen LogP contribution is 2.30. The number of halogens is 1. The molecule has 1 aliphatic heterocycles. The number of carbonyl (C=O) groups excluding carboxylic acids is 1. The molecule has 0 bridgehead atoms. The van der Waals surface area contributed by atoms with Crippen LogP contribution < -0.4 is 10.1 Å². The fourth-order valence-corrected chi connectivity index (χ4v) is 3.10. The number of amides is 1. The topological polar surface area (TPSA) is 70.9 Å². The summed E-state index contributed by atoms with van der Waals surface area (Å²) in [6, 6.07) is 4.49. The molecule has 3 rings (SSSR count). The fraction of sp³-hybridized carbons (Fsp3) is 0.400. The van der Waals surface area contributed by atoms with Gasteiger partial charge in [0.15, 0.2) is 0 Å². The van der Waals surface area contributed by atoms with Crippen molar-refractivity contribution in [1.82, 2.24) is 5.32 Å². The SMILES string of the molecule is CC(C)Oc1ccc(CNC(=O)C2=C(O)C3=CCCCC3N=C2)c(F)c1. The Bertz CT molecular complexity index is 796. The Morgan fingerprint density at radius 1 is 1.46 bits per heavy atom. The first-order valence-corrected chi connectivity index (χ1v) is 8.86. The molecular formula is C20H23FN2O3. The minimum Gasteiger partial charge on any atom is -0.507 e. The Hall–Kier alpha value is -2.63. The lowest BCUT2D eigenvalue weighted by Crippen LogP contribution is -2.30. The minimum atomic E-state index is -0.474. The van der Waals surface area contributed by atoms with Crippen LogP contribution in [0.25, 0.3) is 0 Å². The van der Waals surface area contributed by atoms with Gasteiger partial charge in [-0.05, 0) is 39.2 Å². The van der Waals surface area contributed by atoms with E-state index in [4.69, 9.17) is 4.74 Å². The van der Waals surface area contributed by atoms with Gasteiger partial charge in [-0.25, -0.2) is 4.39 Å². The van der Waals surface area contributed by atoms with Gasteiger partial charge in [-0.1, -0.05) is 12.1 Å². The molecule has 1 unspecified atom stereocenters. The standard InChI is InChI=1S/C20H23FN2O3/c1-12(2)26-14-8-7-13(17(21)9-14)10-23-20(25)16-11-22-18-6-4-3-5-15(18)19(16)24/h5,7-9,11-12,18,24H,3-4,6,10H2,1-2H3,(H,23,25). The van der Waals surface area contributed by atoms with E-state index in [-0.39, 0.29) is 30.0 Å². The maximum atomic E-state index is 14.2. The largest absolute Gasteiger partial charge is 0.507 e. The van der Waals surface area contributed by atoms with Crippen LogP contribution in [0.1, 0.15) is 38.7 Å². The van der Waals surface area contributed by atoms with Gasteiger partial charge in [-0.3, -0.25) is 9.79 Å². The lowest BCUT2D eigenvalue weighted by atomic mass is 9.89. The van der Waals surface area contributed by atoms with E-state index in [2.05, 4.69) is 10.3 Å². The monoisotopic (exact) mass is 358 g/mol. The van der Waals surface area contributed by atoms with Crippen LogP contribution in [0.2, 0.25) is 0 Å². The summed E-state index contributed by atoms with van der Waals surface area (Å²) in [6.45, 7) is 3.74. The number of nitrogens with zero attached hydrogens (tertiary/aromatic N) is 1. The first-order valence-electron chi connectivity index (χ1n) is 8.86. The summed E-state index contributed by atoms with van der Waals surface area (Å²) in [5, 5.41) is 13.0. The fourth-order valence-electron chi connectivity index (χ4n) is 3.10. The Balaban J connectivity index is 1.67. The molecule has 1 aromatic carbocycles. The second kappa shape index (κ2) is 7.72. The van der Waals surface area contributed by atoms with Crippen LogP contribution in [0, 0.1) is 5.82 Å². The quantitative estimate of drug-likeness (QED) is 0.845. The van der Waals surface area contributed by atoms with E-state index in [0.29, 0.717) is 16.9 Å². The molecule has 6 heteroatoms. The highest BCUT2D eigenvalue weighted by atomic mass is 19.1. The van der Waals surface area contributed by atoms with Crippen LogP contribution in [0.3, 0.4) is 0 Å². The Morgan fingerprint density at radius 2 is 2.27 bits per heavy atom. The van der Waals surface area contributed by atoms with Crippen molar-refractivity contribution in [2.75, 3.05) is 0 Å². The molecule has 2 N–H and O–H groups in total. The van der Waals surface area contributed by atoms with Crippen molar-refractivity contribution in [3.63, 3.8) is 0 Å². The van der Waals surface area contributed by atoms with Crippen molar-refractivity contribution in [2.45, 2.75) is 51.8 Å². The number of aliphatic hydroxyl groups is 1. The molecule has 1 aromatic rings. The molecule has 1 heterocycles. The molecule has 2 aliphatic rings. The number of nitrogens with one attached hydrogen (secondary N) is 1. The van der Waals surface area contributed by atoms with Gasteiger partial charge in [-0.15, -0.1) is 0 Å². The average molecular weight is 358 g/mol. The predicted octanol–water partition coefficient (Wildman–Crippen LogP) is 3.60. The second-order valence-corrected chi connectivity index (χ2v) is 6.75. The number of aliphatic imine (C=N–C) groups is 1. The van der Waals surface area contributed by atoms with Crippen LogP contribution >= 0.6 is 0 Å². The summed E-state index contributed by atoms with van der Waals surface area (Å²) in [7, 11) is 0. The lowest BCUT2D eigenvalue weighted by Gasteiger charge is -2.24. The molecular weight excluding hydrogens is 335 g/mol. The van der Waals surface area contributed by atoms with Crippen molar-refractivity contribution < 1.29 is 19.0 Å². The summed E-state index contributed by atoms with van der Waals surface area (Å²) < 4.78 is 19.6. The number of rotatable bonds is 5. The maximum Gasteiger partial charge on any atom is 0.256 e. The van der Waals surface area contributed by atoms with Crippen LogP contribution in [0.5, 0.6) is 5.75 Å². The second-order valence-electron chi connectivity index (χ2n) is 6.75. The van der Waals surface area contributed by atoms with Crippen LogP contribution in [-0.4, -0.2) is 29.4 Å². The highest BCUT2D eigenvalue weighted by molar-refractivity contribution is 6.13. The third-order valence-electron chi connectivity index (χ3n) is 4.40.